The molecule has 1 atom stereocenters. The summed E-state index contributed by atoms with van der Waals surface area (Å²) in [5.74, 6) is 1.29. The Hall–Kier alpha value is -2.08. The molecule has 1 aromatic carbocycles. The lowest BCUT2D eigenvalue weighted by molar-refractivity contribution is 0.0939. The van der Waals surface area contributed by atoms with Crippen LogP contribution in [0.15, 0.2) is 41.1 Å². The van der Waals surface area contributed by atoms with Crippen LogP contribution in [-0.4, -0.2) is 24.1 Å². The van der Waals surface area contributed by atoms with E-state index in [1.54, 1.807) is 12.3 Å². The predicted molar refractivity (Wildman–Crippen MR) is 85.3 cm³/mol. The molecule has 1 aromatic heterocycles. The van der Waals surface area contributed by atoms with Gasteiger partial charge in [0, 0.05) is 16.9 Å². The third-order valence-corrected chi connectivity index (χ3v) is 3.81. The zero-order chi connectivity index (χ0) is 15.5. The largest absolute Gasteiger partial charge is 0.486 e. The highest BCUT2D eigenvalue weighted by molar-refractivity contribution is 9.10. The highest BCUT2D eigenvalue weighted by Gasteiger charge is 2.16. The summed E-state index contributed by atoms with van der Waals surface area (Å²) in [6, 6.07) is 7.28. The van der Waals surface area contributed by atoms with Gasteiger partial charge in [0.25, 0.3) is 5.91 Å². The van der Waals surface area contributed by atoms with Gasteiger partial charge < -0.3 is 14.8 Å². The van der Waals surface area contributed by atoms with Gasteiger partial charge in [-0.15, -0.1) is 0 Å². The summed E-state index contributed by atoms with van der Waals surface area (Å²) in [5.41, 5.74) is 1.47. The van der Waals surface area contributed by atoms with Gasteiger partial charge in [-0.2, -0.15) is 0 Å². The zero-order valence-electron chi connectivity index (χ0n) is 12.0. The van der Waals surface area contributed by atoms with Gasteiger partial charge in [0.15, 0.2) is 11.5 Å². The normalized spacial score (nSPS) is 14.3. The molecule has 1 aliphatic rings. The molecule has 0 radical (unpaired) electrons. The second-order valence-electron chi connectivity index (χ2n) is 4.99. The Morgan fingerprint density at radius 3 is 2.77 bits per heavy atom. The molecule has 5 nitrogen and oxygen atoms in total. The Morgan fingerprint density at radius 2 is 2.00 bits per heavy atom. The van der Waals surface area contributed by atoms with Crippen LogP contribution < -0.4 is 14.8 Å². The Bertz CT molecular complexity index is 706. The van der Waals surface area contributed by atoms with Crippen LogP contribution in [0.5, 0.6) is 11.5 Å². The molecule has 114 valence electrons. The van der Waals surface area contributed by atoms with Gasteiger partial charge in [0.05, 0.1) is 11.6 Å². The maximum atomic E-state index is 12.2. The van der Waals surface area contributed by atoms with E-state index in [2.05, 4.69) is 26.2 Å². The summed E-state index contributed by atoms with van der Waals surface area (Å²) in [6.45, 7) is 3.03. The number of hydrogen-bond acceptors (Lipinski definition) is 4. The van der Waals surface area contributed by atoms with Crippen molar-refractivity contribution in [2.75, 3.05) is 13.2 Å². The molecular formula is C16H15BrN2O3. The maximum Gasteiger partial charge on any atom is 0.253 e. The van der Waals surface area contributed by atoms with Crippen LogP contribution in [-0.2, 0) is 0 Å². The van der Waals surface area contributed by atoms with E-state index in [-0.39, 0.29) is 11.9 Å². The van der Waals surface area contributed by atoms with Crippen molar-refractivity contribution in [2.45, 2.75) is 13.0 Å². The number of ether oxygens (including phenoxy) is 2. The number of pyridine rings is 1. The topological polar surface area (TPSA) is 60.5 Å². The minimum absolute atomic E-state index is 0.151. The van der Waals surface area contributed by atoms with Crippen LogP contribution >= 0.6 is 15.9 Å². The van der Waals surface area contributed by atoms with Crippen molar-refractivity contribution in [3.8, 4) is 11.5 Å². The number of halogens is 1. The molecule has 0 bridgehead atoms. The lowest BCUT2D eigenvalue weighted by Gasteiger charge is -2.21. The van der Waals surface area contributed by atoms with Gasteiger partial charge >= 0.3 is 0 Å². The highest BCUT2D eigenvalue weighted by Crippen LogP contribution is 2.32. The fraction of sp³-hybridized carbons (Fsp3) is 0.250. The van der Waals surface area contributed by atoms with E-state index >= 15 is 0 Å². The molecule has 0 saturated carbocycles. The smallest absolute Gasteiger partial charge is 0.253 e. The van der Waals surface area contributed by atoms with E-state index < -0.39 is 0 Å². The lowest BCUT2D eigenvalue weighted by atomic mass is 10.1. The van der Waals surface area contributed by atoms with Gasteiger partial charge in [-0.25, -0.2) is 0 Å². The number of carbonyl (C=O) groups excluding carboxylic acids is 1. The molecule has 22 heavy (non-hydrogen) atoms. The summed E-state index contributed by atoms with van der Waals surface area (Å²) in [4.78, 5) is 16.2. The van der Waals surface area contributed by atoms with Crippen molar-refractivity contribution < 1.29 is 14.3 Å². The molecule has 0 spiro atoms. The summed E-state index contributed by atoms with van der Waals surface area (Å²) in [7, 11) is 0. The first kappa shape index (κ1) is 14.8. The van der Waals surface area contributed by atoms with Crippen LogP contribution in [0.25, 0.3) is 0 Å². The minimum atomic E-state index is -0.170. The Kier molecular flexibility index (Phi) is 4.29. The molecule has 0 unspecified atom stereocenters. The van der Waals surface area contributed by atoms with E-state index in [1.165, 1.54) is 6.20 Å². The van der Waals surface area contributed by atoms with Crippen LogP contribution in [0.4, 0.5) is 0 Å². The molecule has 0 aliphatic carbocycles. The van der Waals surface area contributed by atoms with E-state index in [0.29, 0.717) is 24.5 Å². The van der Waals surface area contributed by atoms with Crippen LogP contribution in [0.2, 0.25) is 0 Å². The van der Waals surface area contributed by atoms with Crippen molar-refractivity contribution >= 4 is 21.8 Å². The maximum absolute atomic E-state index is 12.2. The lowest BCUT2D eigenvalue weighted by Crippen LogP contribution is -2.27. The second kappa shape index (κ2) is 6.36. The number of amides is 1. The third kappa shape index (κ3) is 3.22. The molecule has 0 fully saturated rings. The second-order valence-corrected chi connectivity index (χ2v) is 5.91. The highest BCUT2D eigenvalue weighted by atomic mass is 79.9. The molecule has 6 heteroatoms. The summed E-state index contributed by atoms with van der Waals surface area (Å²) in [5, 5.41) is 2.95. The SMILES string of the molecule is C[C@H](NC(=O)c1cncc(Br)c1)c1ccc2c(c1)OCCO2. The fourth-order valence-electron chi connectivity index (χ4n) is 2.23. The number of carbonyl (C=O) groups is 1. The number of hydrogen-bond donors (Lipinski definition) is 1. The Morgan fingerprint density at radius 1 is 1.23 bits per heavy atom. The van der Waals surface area contributed by atoms with Gasteiger partial charge in [-0.1, -0.05) is 6.07 Å². The average molecular weight is 363 g/mol. The number of rotatable bonds is 3. The van der Waals surface area contributed by atoms with Crippen molar-refractivity contribution in [3.63, 3.8) is 0 Å². The van der Waals surface area contributed by atoms with Gasteiger partial charge in [-0.05, 0) is 46.6 Å². The first-order valence-corrected chi connectivity index (χ1v) is 7.74. The summed E-state index contributed by atoms with van der Waals surface area (Å²) in [6.07, 6.45) is 3.18. The molecule has 2 aromatic rings. The minimum Gasteiger partial charge on any atom is -0.486 e. The molecule has 2 heterocycles. The fourth-order valence-corrected chi connectivity index (χ4v) is 2.59. The number of benzene rings is 1. The Labute approximate surface area is 136 Å². The predicted octanol–water partition coefficient (Wildman–Crippen LogP) is 3.11. The van der Waals surface area contributed by atoms with Gasteiger partial charge in [0.1, 0.15) is 13.2 Å². The molecule has 1 amide bonds. The standard InChI is InChI=1S/C16H15BrN2O3/c1-10(19-16(20)12-6-13(17)9-18-8-12)11-2-3-14-15(7-11)22-5-4-21-14/h2-3,6-10H,4-5H2,1H3,(H,19,20)/t10-/m0/s1. The zero-order valence-corrected chi connectivity index (χ0v) is 13.6. The van der Waals surface area contributed by atoms with Crippen LogP contribution in [0, 0.1) is 0 Å². The van der Waals surface area contributed by atoms with Crippen LogP contribution in [0.1, 0.15) is 28.9 Å². The van der Waals surface area contributed by atoms with E-state index in [4.69, 9.17) is 9.47 Å². The van der Waals surface area contributed by atoms with E-state index in [1.807, 2.05) is 25.1 Å². The number of nitrogens with one attached hydrogen (secondary N) is 1. The third-order valence-electron chi connectivity index (χ3n) is 3.38. The molecule has 0 saturated heterocycles. The average Bonchev–Trinajstić information content (AvgIpc) is 2.54. The number of nitrogens with zero attached hydrogens (tertiary/aromatic N) is 1. The quantitative estimate of drug-likeness (QED) is 0.911. The number of fused-ring (bicyclic) bond motifs is 1. The summed E-state index contributed by atoms with van der Waals surface area (Å²) < 4.78 is 11.8. The summed E-state index contributed by atoms with van der Waals surface area (Å²) >= 11 is 3.31. The first-order valence-electron chi connectivity index (χ1n) is 6.94. The van der Waals surface area contributed by atoms with Crippen molar-refractivity contribution in [1.29, 1.82) is 0 Å². The number of aromatic nitrogens is 1. The molecule has 1 aliphatic heterocycles. The van der Waals surface area contributed by atoms with Crippen molar-refractivity contribution in [1.82, 2.24) is 10.3 Å². The Balaban J connectivity index is 1.74. The van der Waals surface area contributed by atoms with Gasteiger partial charge in [0.2, 0.25) is 0 Å². The van der Waals surface area contributed by atoms with Gasteiger partial charge in [-0.3, -0.25) is 9.78 Å². The molecule has 3 rings (SSSR count). The monoisotopic (exact) mass is 362 g/mol. The molecule has 1 N–H and O–H groups in total. The first-order chi connectivity index (χ1) is 10.6. The molecular weight excluding hydrogens is 348 g/mol. The van der Waals surface area contributed by atoms with E-state index in [9.17, 15) is 4.79 Å². The van der Waals surface area contributed by atoms with Crippen molar-refractivity contribution in [3.05, 3.63) is 52.3 Å². The van der Waals surface area contributed by atoms with Crippen molar-refractivity contribution in [2.24, 2.45) is 0 Å². The van der Waals surface area contributed by atoms with Crippen LogP contribution in [0.3, 0.4) is 0 Å². The van der Waals surface area contributed by atoms with E-state index in [0.717, 1.165) is 15.8 Å².